The number of amidine groups is 1. The molecule has 0 fully saturated rings. The third kappa shape index (κ3) is 3.58. The second-order valence-corrected chi connectivity index (χ2v) is 8.82. The molecule has 0 atom stereocenters. The molecule has 0 saturated heterocycles. The highest BCUT2D eigenvalue weighted by atomic mass is 35.5. The van der Waals surface area contributed by atoms with Crippen molar-refractivity contribution in [2.75, 3.05) is 12.0 Å². The second kappa shape index (κ2) is 8.18. The van der Waals surface area contributed by atoms with E-state index < -0.39 is 5.82 Å². The Morgan fingerprint density at radius 2 is 2.06 bits per heavy atom. The summed E-state index contributed by atoms with van der Waals surface area (Å²) >= 11 is 6.34. The summed E-state index contributed by atoms with van der Waals surface area (Å²) in [5, 5.41) is 19.4. The molecule has 34 heavy (non-hydrogen) atoms. The molecule has 0 unspecified atom stereocenters. The number of phenols is 1. The third-order valence-corrected chi connectivity index (χ3v) is 6.11. The van der Waals surface area contributed by atoms with Crippen LogP contribution in [-0.2, 0) is 6.54 Å². The van der Waals surface area contributed by atoms with Crippen LogP contribution in [0.15, 0.2) is 52.3 Å². The first-order valence-corrected chi connectivity index (χ1v) is 11.1. The molecule has 0 saturated carbocycles. The van der Waals surface area contributed by atoms with Crippen molar-refractivity contribution in [3.8, 4) is 17.0 Å². The summed E-state index contributed by atoms with van der Waals surface area (Å²) in [4.78, 5) is 17.6. The van der Waals surface area contributed by atoms with Crippen molar-refractivity contribution in [1.82, 2.24) is 14.3 Å². The fraction of sp³-hybridized carbons (Fsp3) is 0.208. The van der Waals surface area contributed by atoms with Gasteiger partial charge in [0.25, 0.3) is 5.56 Å². The molecule has 3 heterocycles. The molecule has 4 N–H and O–H groups in total. The zero-order valence-electron chi connectivity index (χ0n) is 18.5. The maximum atomic E-state index is 14.0. The van der Waals surface area contributed by atoms with Crippen LogP contribution < -0.4 is 16.6 Å². The summed E-state index contributed by atoms with van der Waals surface area (Å²) in [7, 11) is 0. The highest BCUT2D eigenvalue weighted by Gasteiger charge is 2.26. The molecule has 2 aromatic heterocycles. The van der Waals surface area contributed by atoms with Gasteiger partial charge in [-0.3, -0.25) is 4.79 Å². The minimum absolute atomic E-state index is 0.131. The van der Waals surface area contributed by atoms with Gasteiger partial charge in [0.15, 0.2) is 0 Å². The summed E-state index contributed by atoms with van der Waals surface area (Å²) in [5.41, 5.74) is 7.98. The number of aliphatic imine (C=N–C) groups is 1. The van der Waals surface area contributed by atoms with E-state index in [-0.39, 0.29) is 36.4 Å². The first-order valence-electron chi connectivity index (χ1n) is 10.7. The van der Waals surface area contributed by atoms with Gasteiger partial charge in [-0.25, -0.2) is 14.1 Å². The number of fused-ring (bicyclic) bond motifs is 2. The Hall–Kier alpha value is -3.85. The van der Waals surface area contributed by atoms with Gasteiger partial charge in [0, 0.05) is 23.4 Å². The zero-order chi connectivity index (χ0) is 24.1. The Morgan fingerprint density at radius 3 is 2.79 bits per heavy atom. The molecule has 0 bridgehead atoms. The van der Waals surface area contributed by atoms with E-state index in [0.717, 1.165) is 17.1 Å². The quantitative estimate of drug-likeness (QED) is 0.407. The molecule has 0 aliphatic carbocycles. The number of pyridine rings is 1. The van der Waals surface area contributed by atoms with Crippen molar-refractivity contribution in [3.05, 3.63) is 74.9 Å². The number of hydrogen-bond acceptors (Lipinski definition) is 6. The van der Waals surface area contributed by atoms with Crippen LogP contribution in [0.5, 0.6) is 5.75 Å². The molecule has 0 spiro atoms. The van der Waals surface area contributed by atoms with Gasteiger partial charge in [-0.15, -0.1) is 0 Å². The highest BCUT2D eigenvalue weighted by molar-refractivity contribution is 6.35. The smallest absolute Gasteiger partial charge is 0.260 e. The van der Waals surface area contributed by atoms with Gasteiger partial charge in [0.05, 0.1) is 22.5 Å². The number of benzene rings is 2. The lowest BCUT2D eigenvalue weighted by atomic mass is 10.1. The number of anilines is 1. The van der Waals surface area contributed by atoms with Crippen molar-refractivity contribution >= 4 is 34.0 Å². The van der Waals surface area contributed by atoms with Crippen LogP contribution in [0.4, 0.5) is 10.2 Å². The van der Waals surface area contributed by atoms with Crippen molar-refractivity contribution in [2.45, 2.75) is 26.4 Å². The summed E-state index contributed by atoms with van der Waals surface area (Å²) in [6, 6.07) is 10.8. The van der Waals surface area contributed by atoms with Crippen molar-refractivity contribution in [3.63, 3.8) is 0 Å². The molecule has 2 aromatic carbocycles. The minimum Gasteiger partial charge on any atom is -0.508 e. The van der Waals surface area contributed by atoms with E-state index in [2.05, 4.69) is 10.3 Å². The molecule has 10 heteroatoms. The Kier molecular flexibility index (Phi) is 5.28. The normalized spacial score (nSPS) is 13.1. The first kappa shape index (κ1) is 22.0. The number of nitrogens with two attached hydrogens (primary N) is 1. The van der Waals surface area contributed by atoms with E-state index in [1.807, 2.05) is 26.0 Å². The van der Waals surface area contributed by atoms with Crippen molar-refractivity contribution < 1.29 is 9.50 Å². The average molecular weight is 481 g/mol. The zero-order valence-corrected chi connectivity index (χ0v) is 19.3. The van der Waals surface area contributed by atoms with Crippen LogP contribution in [0.3, 0.4) is 0 Å². The van der Waals surface area contributed by atoms with Crippen LogP contribution in [-0.4, -0.2) is 32.0 Å². The maximum absolute atomic E-state index is 14.0. The van der Waals surface area contributed by atoms with E-state index >= 15 is 0 Å². The molecule has 174 valence electrons. The number of hydrogen-bond donors (Lipinski definition) is 3. The molecule has 4 aromatic rings. The van der Waals surface area contributed by atoms with E-state index in [1.165, 1.54) is 12.1 Å². The van der Waals surface area contributed by atoms with Gasteiger partial charge in [0.2, 0.25) is 0 Å². The highest BCUT2D eigenvalue weighted by Crippen LogP contribution is 2.33. The minimum atomic E-state index is -0.599. The summed E-state index contributed by atoms with van der Waals surface area (Å²) < 4.78 is 17.4. The molecule has 5 rings (SSSR count). The molecule has 0 amide bonds. The predicted molar refractivity (Wildman–Crippen MR) is 131 cm³/mol. The molecular weight excluding hydrogens is 459 g/mol. The third-order valence-electron chi connectivity index (χ3n) is 5.80. The number of nitrogens with one attached hydrogen (secondary N) is 1. The predicted octanol–water partition coefficient (Wildman–Crippen LogP) is 4.08. The van der Waals surface area contributed by atoms with Crippen LogP contribution in [0.2, 0.25) is 5.02 Å². The Morgan fingerprint density at radius 1 is 1.26 bits per heavy atom. The van der Waals surface area contributed by atoms with Gasteiger partial charge < -0.3 is 20.7 Å². The summed E-state index contributed by atoms with van der Waals surface area (Å²) in [6.45, 7) is 4.34. The number of phenolic OH excluding ortho intramolecular Hbond substituents is 1. The van der Waals surface area contributed by atoms with E-state index in [4.69, 9.17) is 22.4 Å². The van der Waals surface area contributed by atoms with Gasteiger partial charge in [-0.1, -0.05) is 23.7 Å². The summed E-state index contributed by atoms with van der Waals surface area (Å²) in [5.74, 6) is 0.0285. The lowest BCUT2D eigenvalue weighted by Gasteiger charge is -2.20. The largest absolute Gasteiger partial charge is 0.508 e. The lowest BCUT2D eigenvalue weighted by Crippen LogP contribution is -2.28. The number of halogens is 2. The standard InChI is InChI=1S/C24H22ClFN6O2/c1-12(2)32-16(7-13-4-3-5-18(25)19(13)24(32)34)10-31-23-20(22(27)28-11-29-23)21(30-31)14-6-15(26)9-17(33)8-14/h3-9,12,29,33H,10-11H2,1-2H3,(H2,27,28). The first-order chi connectivity index (χ1) is 16.2. The van der Waals surface area contributed by atoms with Gasteiger partial charge in [0.1, 0.15) is 35.6 Å². The number of nitrogens with zero attached hydrogens (tertiary/aromatic N) is 4. The molecule has 1 aliphatic heterocycles. The van der Waals surface area contributed by atoms with Gasteiger partial charge in [-0.05, 0) is 43.5 Å². The number of aromatic hydroxyl groups is 1. The molecular formula is C24H22ClFN6O2. The SMILES string of the molecule is CC(C)n1c(Cn2nc(-c3cc(O)cc(F)c3)c3c2NCN=C3N)cc2cccc(Cl)c2c1=O. The average Bonchev–Trinajstić information content (AvgIpc) is 3.12. The fourth-order valence-corrected chi connectivity index (χ4v) is 4.68. The second-order valence-electron chi connectivity index (χ2n) is 8.41. The van der Waals surface area contributed by atoms with Crippen LogP contribution >= 0.6 is 11.6 Å². The Bertz CT molecular complexity index is 1520. The molecule has 0 radical (unpaired) electrons. The van der Waals surface area contributed by atoms with Crippen LogP contribution in [0.1, 0.15) is 31.1 Å². The van der Waals surface area contributed by atoms with E-state index in [9.17, 15) is 14.3 Å². The summed E-state index contributed by atoms with van der Waals surface area (Å²) in [6.07, 6.45) is 0. The Balaban J connectivity index is 1.72. The van der Waals surface area contributed by atoms with Crippen LogP contribution in [0, 0.1) is 5.82 Å². The monoisotopic (exact) mass is 480 g/mol. The Labute approximate surface area is 199 Å². The number of aromatic nitrogens is 3. The van der Waals surface area contributed by atoms with Crippen molar-refractivity contribution in [2.24, 2.45) is 10.7 Å². The van der Waals surface area contributed by atoms with Gasteiger partial charge in [-0.2, -0.15) is 5.10 Å². The van der Waals surface area contributed by atoms with E-state index in [0.29, 0.717) is 33.0 Å². The van der Waals surface area contributed by atoms with Crippen molar-refractivity contribution in [1.29, 1.82) is 0 Å². The fourth-order valence-electron chi connectivity index (χ4n) is 4.42. The molecule has 8 nitrogen and oxygen atoms in total. The molecule has 1 aliphatic rings. The van der Waals surface area contributed by atoms with Crippen LogP contribution in [0.25, 0.3) is 22.0 Å². The number of rotatable bonds is 4. The lowest BCUT2D eigenvalue weighted by molar-refractivity contribution is 0.469. The maximum Gasteiger partial charge on any atom is 0.260 e. The topological polar surface area (TPSA) is 110 Å². The van der Waals surface area contributed by atoms with Gasteiger partial charge >= 0.3 is 0 Å². The van der Waals surface area contributed by atoms with E-state index in [1.54, 1.807) is 21.4 Å².